The lowest BCUT2D eigenvalue weighted by Gasteiger charge is -2.17. The van der Waals surface area contributed by atoms with Crippen LogP contribution < -0.4 is 15.8 Å². The van der Waals surface area contributed by atoms with Gasteiger partial charge in [0.25, 0.3) is 5.56 Å². The summed E-state index contributed by atoms with van der Waals surface area (Å²) < 4.78 is 1.34. The van der Waals surface area contributed by atoms with Gasteiger partial charge in [0.1, 0.15) is 6.54 Å². The zero-order chi connectivity index (χ0) is 18.6. The van der Waals surface area contributed by atoms with Crippen molar-refractivity contribution in [3.63, 3.8) is 0 Å². The zero-order valence-electron chi connectivity index (χ0n) is 15.1. The molecule has 3 aromatic rings. The van der Waals surface area contributed by atoms with Crippen molar-refractivity contribution in [3.8, 4) is 0 Å². The molecule has 6 nitrogen and oxygen atoms in total. The third kappa shape index (κ3) is 3.84. The summed E-state index contributed by atoms with van der Waals surface area (Å²) in [5, 5.41) is 3.39. The van der Waals surface area contributed by atoms with Crippen LogP contribution in [0.2, 0.25) is 0 Å². The van der Waals surface area contributed by atoms with E-state index in [-0.39, 0.29) is 18.0 Å². The Hall–Kier alpha value is -3.15. The number of carbonyl (C=O) groups excluding carboxylic acids is 1. The minimum absolute atomic E-state index is 0.0392. The molecule has 1 saturated heterocycles. The van der Waals surface area contributed by atoms with Crippen molar-refractivity contribution >= 4 is 22.5 Å². The molecule has 6 heteroatoms. The Morgan fingerprint density at radius 2 is 1.78 bits per heavy atom. The van der Waals surface area contributed by atoms with E-state index in [0.29, 0.717) is 17.4 Å². The van der Waals surface area contributed by atoms with Crippen LogP contribution in [-0.4, -0.2) is 28.5 Å². The van der Waals surface area contributed by atoms with Gasteiger partial charge in [-0.1, -0.05) is 24.3 Å². The molecule has 2 heterocycles. The van der Waals surface area contributed by atoms with E-state index in [1.54, 1.807) is 18.2 Å². The number of amides is 1. The maximum Gasteiger partial charge on any atom is 0.261 e. The highest BCUT2D eigenvalue weighted by Gasteiger charge is 2.12. The Kier molecular flexibility index (Phi) is 4.87. The quantitative estimate of drug-likeness (QED) is 0.756. The molecule has 0 atom stereocenters. The molecule has 1 amide bonds. The summed E-state index contributed by atoms with van der Waals surface area (Å²) in [7, 11) is 0. The van der Waals surface area contributed by atoms with Gasteiger partial charge in [-0.2, -0.15) is 0 Å². The average molecular weight is 362 g/mol. The van der Waals surface area contributed by atoms with E-state index < -0.39 is 0 Å². The molecule has 1 fully saturated rings. The third-order valence-electron chi connectivity index (χ3n) is 4.94. The number of aromatic nitrogens is 2. The van der Waals surface area contributed by atoms with E-state index in [1.807, 2.05) is 18.2 Å². The normalized spacial score (nSPS) is 13.9. The van der Waals surface area contributed by atoms with Crippen LogP contribution in [0, 0.1) is 0 Å². The van der Waals surface area contributed by atoms with Crippen molar-refractivity contribution in [1.82, 2.24) is 14.9 Å². The second-order valence-electron chi connectivity index (χ2n) is 6.83. The van der Waals surface area contributed by atoms with Gasteiger partial charge in [0.05, 0.1) is 17.2 Å². The minimum atomic E-state index is -0.210. The number of anilines is 1. The van der Waals surface area contributed by atoms with Gasteiger partial charge < -0.3 is 10.2 Å². The molecule has 1 aliphatic heterocycles. The lowest BCUT2D eigenvalue weighted by molar-refractivity contribution is -0.121. The Labute approximate surface area is 157 Å². The molecular weight excluding hydrogens is 340 g/mol. The largest absolute Gasteiger partial charge is 0.372 e. The van der Waals surface area contributed by atoms with Crippen LogP contribution in [0.1, 0.15) is 18.4 Å². The van der Waals surface area contributed by atoms with E-state index in [4.69, 9.17) is 0 Å². The maximum atomic E-state index is 12.4. The van der Waals surface area contributed by atoms with E-state index in [9.17, 15) is 9.59 Å². The maximum absolute atomic E-state index is 12.4. The molecule has 138 valence electrons. The van der Waals surface area contributed by atoms with E-state index >= 15 is 0 Å². The van der Waals surface area contributed by atoms with Gasteiger partial charge in [-0.3, -0.25) is 14.2 Å². The first-order valence-corrected chi connectivity index (χ1v) is 9.25. The molecule has 1 aromatic heterocycles. The van der Waals surface area contributed by atoms with Crippen LogP contribution in [-0.2, 0) is 17.9 Å². The number of benzene rings is 2. The molecule has 1 aliphatic rings. The van der Waals surface area contributed by atoms with Crippen LogP contribution in [0.3, 0.4) is 0 Å². The number of rotatable bonds is 5. The van der Waals surface area contributed by atoms with Gasteiger partial charge in [0, 0.05) is 25.3 Å². The molecule has 0 spiro atoms. The highest BCUT2D eigenvalue weighted by molar-refractivity contribution is 5.78. The Bertz CT molecular complexity index is 1000. The predicted molar refractivity (Wildman–Crippen MR) is 106 cm³/mol. The number of hydrogen-bond acceptors (Lipinski definition) is 4. The molecule has 2 aromatic carbocycles. The minimum Gasteiger partial charge on any atom is -0.372 e. The first-order valence-electron chi connectivity index (χ1n) is 9.25. The van der Waals surface area contributed by atoms with Crippen molar-refractivity contribution in [2.75, 3.05) is 18.0 Å². The number of hydrogen-bond donors (Lipinski definition) is 1. The smallest absolute Gasteiger partial charge is 0.261 e. The highest BCUT2D eigenvalue weighted by atomic mass is 16.2. The fraction of sp³-hybridized carbons (Fsp3) is 0.286. The van der Waals surface area contributed by atoms with Crippen molar-refractivity contribution in [2.45, 2.75) is 25.9 Å². The van der Waals surface area contributed by atoms with Crippen LogP contribution in [0.4, 0.5) is 5.69 Å². The first-order chi connectivity index (χ1) is 13.2. The number of nitrogens with zero attached hydrogens (tertiary/aromatic N) is 3. The van der Waals surface area contributed by atoms with Crippen molar-refractivity contribution in [2.24, 2.45) is 0 Å². The molecule has 0 bridgehead atoms. The van der Waals surface area contributed by atoms with Crippen LogP contribution in [0.15, 0.2) is 59.7 Å². The van der Waals surface area contributed by atoms with E-state index in [1.165, 1.54) is 29.4 Å². The predicted octanol–water partition coefficient (Wildman–Crippen LogP) is 2.31. The summed E-state index contributed by atoms with van der Waals surface area (Å²) in [5.41, 5.74) is 2.70. The Morgan fingerprint density at radius 1 is 1.04 bits per heavy atom. The first kappa shape index (κ1) is 17.3. The fourth-order valence-corrected chi connectivity index (χ4v) is 3.43. The highest BCUT2D eigenvalue weighted by Crippen LogP contribution is 2.20. The van der Waals surface area contributed by atoms with Gasteiger partial charge in [0.2, 0.25) is 5.91 Å². The third-order valence-corrected chi connectivity index (χ3v) is 4.94. The zero-order valence-corrected chi connectivity index (χ0v) is 15.1. The van der Waals surface area contributed by atoms with Gasteiger partial charge in [0.15, 0.2) is 0 Å². The molecule has 0 radical (unpaired) electrons. The van der Waals surface area contributed by atoms with Crippen molar-refractivity contribution in [3.05, 3.63) is 70.8 Å². The fourth-order valence-electron chi connectivity index (χ4n) is 3.43. The summed E-state index contributed by atoms with van der Waals surface area (Å²) in [6.07, 6.45) is 3.93. The summed E-state index contributed by atoms with van der Waals surface area (Å²) in [6.45, 7) is 2.63. The average Bonchev–Trinajstić information content (AvgIpc) is 3.24. The van der Waals surface area contributed by atoms with Crippen molar-refractivity contribution < 1.29 is 4.79 Å². The molecule has 0 saturated carbocycles. The van der Waals surface area contributed by atoms with Crippen LogP contribution >= 0.6 is 0 Å². The molecule has 27 heavy (non-hydrogen) atoms. The second-order valence-corrected chi connectivity index (χ2v) is 6.83. The van der Waals surface area contributed by atoms with Gasteiger partial charge >= 0.3 is 0 Å². The summed E-state index contributed by atoms with van der Waals surface area (Å²) >= 11 is 0. The van der Waals surface area contributed by atoms with Crippen molar-refractivity contribution in [1.29, 1.82) is 0 Å². The Balaban J connectivity index is 1.37. The molecular formula is C21H22N4O2. The van der Waals surface area contributed by atoms with Crippen LogP contribution in [0.25, 0.3) is 10.9 Å². The lowest BCUT2D eigenvalue weighted by Crippen LogP contribution is -2.32. The number of nitrogens with one attached hydrogen (secondary N) is 1. The SMILES string of the molecule is O=C(Cn1cnc2ccccc2c1=O)NCc1ccc(N2CCCC2)cc1. The number of carbonyl (C=O) groups is 1. The van der Waals surface area contributed by atoms with E-state index in [0.717, 1.165) is 18.7 Å². The summed E-state index contributed by atoms with van der Waals surface area (Å²) in [4.78, 5) is 31.3. The van der Waals surface area contributed by atoms with Crippen LogP contribution in [0.5, 0.6) is 0 Å². The molecule has 0 unspecified atom stereocenters. The monoisotopic (exact) mass is 362 g/mol. The number of para-hydroxylation sites is 1. The van der Waals surface area contributed by atoms with Gasteiger partial charge in [-0.15, -0.1) is 0 Å². The number of fused-ring (bicyclic) bond motifs is 1. The Morgan fingerprint density at radius 3 is 2.56 bits per heavy atom. The summed E-state index contributed by atoms with van der Waals surface area (Å²) in [5.74, 6) is -0.210. The van der Waals surface area contributed by atoms with E-state index in [2.05, 4.69) is 27.3 Å². The molecule has 1 N–H and O–H groups in total. The lowest BCUT2D eigenvalue weighted by atomic mass is 10.2. The molecule has 0 aliphatic carbocycles. The second kappa shape index (κ2) is 7.61. The van der Waals surface area contributed by atoms with Gasteiger partial charge in [-0.05, 0) is 42.7 Å². The standard InChI is InChI=1S/C21H22N4O2/c26-20(14-25-15-23-19-6-2-1-5-18(19)21(25)27)22-13-16-7-9-17(10-8-16)24-11-3-4-12-24/h1-2,5-10,15H,3-4,11-14H2,(H,22,26). The topological polar surface area (TPSA) is 67.2 Å². The summed E-state index contributed by atoms with van der Waals surface area (Å²) in [6, 6.07) is 15.4. The molecule has 4 rings (SSSR count). The van der Waals surface area contributed by atoms with Gasteiger partial charge in [-0.25, -0.2) is 4.98 Å².